The molecular weight excluding hydrogens is 224 g/mol. The first-order chi connectivity index (χ1) is 8.39. The summed E-state index contributed by atoms with van der Waals surface area (Å²) in [4.78, 5) is 12.4. The molecule has 0 radical (unpaired) electrons. The van der Waals surface area contributed by atoms with Crippen LogP contribution in [-0.4, -0.2) is 16.6 Å². The van der Waals surface area contributed by atoms with Gasteiger partial charge in [0.25, 0.3) is 0 Å². The summed E-state index contributed by atoms with van der Waals surface area (Å²) >= 11 is 0. The maximum Gasteiger partial charge on any atom is 0.248 e. The molecule has 1 aromatic rings. The van der Waals surface area contributed by atoms with Crippen LogP contribution in [0.1, 0.15) is 45.7 Å². The molecule has 2 rings (SSSR count). The van der Waals surface area contributed by atoms with E-state index in [9.17, 15) is 4.79 Å². The zero-order chi connectivity index (χ0) is 13.3. The van der Waals surface area contributed by atoms with E-state index in [0.29, 0.717) is 0 Å². The maximum atomic E-state index is 12.4. The van der Waals surface area contributed by atoms with Crippen molar-refractivity contribution >= 4 is 11.6 Å². The van der Waals surface area contributed by atoms with E-state index >= 15 is 0 Å². The van der Waals surface area contributed by atoms with Gasteiger partial charge >= 0.3 is 0 Å². The fourth-order valence-electron chi connectivity index (χ4n) is 2.13. The Labute approximate surface area is 108 Å². The number of hydrazone groups is 1. The summed E-state index contributed by atoms with van der Waals surface area (Å²) in [5.74, 6) is 0.0770. The number of hydrogen-bond donors (Lipinski definition) is 0. The number of nitrogens with zero attached hydrogens (tertiary/aromatic N) is 2. The smallest absolute Gasteiger partial charge is 0.248 e. The zero-order valence-corrected chi connectivity index (χ0v) is 11.5. The lowest BCUT2D eigenvalue weighted by molar-refractivity contribution is -0.141. The molecule has 0 N–H and O–H groups in total. The summed E-state index contributed by atoms with van der Waals surface area (Å²) in [6.07, 6.45) is 0.825. The Morgan fingerprint density at radius 1 is 1.28 bits per heavy atom. The number of rotatable bonds is 1. The van der Waals surface area contributed by atoms with Crippen LogP contribution in [0.25, 0.3) is 0 Å². The molecule has 96 valence electrons. The molecule has 3 nitrogen and oxygen atoms in total. The molecule has 0 saturated carbocycles. The van der Waals surface area contributed by atoms with Crippen LogP contribution in [0.2, 0.25) is 0 Å². The molecule has 1 heterocycles. The highest BCUT2D eigenvalue weighted by molar-refractivity contribution is 5.90. The van der Waals surface area contributed by atoms with E-state index < -0.39 is 5.41 Å². The lowest BCUT2D eigenvalue weighted by Gasteiger charge is -2.28. The van der Waals surface area contributed by atoms with Crippen LogP contribution in [0.5, 0.6) is 0 Å². The minimum atomic E-state index is -0.402. The van der Waals surface area contributed by atoms with Crippen molar-refractivity contribution in [2.45, 2.75) is 40.2 Å². The van der Waals surface area contributed by atoms with Gasteiger partial charge < -0.3 is 0 Å². The van der Waals surface area contributed by atoms with E-state index in [1.54, 1.807) is 5.01 Å². The third-order valence-corrected chi connectivity index (χ3v) is 3.10. The highest BCUT2D eigenvalue weighted by atomic mass is 16.2. The minimum Gasteiger partial charge on any atom is -0.272 e. The summed E-state index contributed by atoms with van der Waals surface area (Å²) in [5.41, 5.74) is 1.76. The Bertz CT molecular complexity index is 471. The summed E-state index contributed by atoms with van der Waals surface area (Å²) in [7, 11) is 0. The normalized spacial score (nSPS) is 19.9. The van der Waals surface area contributed by atoms with Crippen LogP contribution >= 0.6 is 0 Å². The van der Waals surface area contributed by atoms with Gasteiger partial charge in [-0.15, -0.1) is 0 Å². The van der Waals surface area contributed by atoms with Crippen molar-refractivity contribution < 1.29 is 4.79 Å². The number of hydrogen-bond acceptors (Lipinski definition) is 2. The van der Waals surface area contributed by atoms with Crippen LogP contribution in [0.4, 0.5) is 0 Å². The highest BCUT2D eigenvalue weighted by Gasteiger charge is 2.36. The summed E-state index contributed by atoms with van der Waals surface area (Å²) < 4.78 is 0. The van der Waals surface area contributed by atoms with Gasteiger partial charge in [0, 0.05) is 17.5 Å². The molecule has 1 aliphatic rings. The predicted molar refractivity (Wildman–Crippen MR) is 73.2 cm³/mol. The number of amides is 1. The molecule has 0 aromatic heterocycles. The number of benzene rings is 1. The molecule has 0 bridgehead atoms. The summed E-state index contributed by atoms with van der Waals surface area (Å²) in [6, 6.07) is 10.2. The van der Waals surface area contributed by atoms with E-state index in [1.807, 2.05) is 45.9 Å². The van der Waals surface area contributed by atoms with Crippen molar-refractivity contribution in [2.75, 3.05) is 0 Å². The second-order valence-corrected chi connectivity index (χ2v) is 5.87. The van der Waals surface area contributed by atoms with Crippen LogP contribution in [0, 0.1) is 5.41 Å². The topological polar surface area (TPSA) is 32.7 Å². The maximum absolute atomic E-state index is 12.4. The van der Waals surface area contributed by atoms with Crippen molar-refractivity contribution in [1.29, 1.82) is 0 Å². The fraction of sp³-hybridized carbons (Fsp3) is 0.467. The Morgan fingerprint density at radius 3 is 2.44 bits per heavy atom. The minimum absolute atomic E-state index is 0.0536. The van der Waals surface area contributed by atoms with E-state index in [2.05, 4.69) is 17.2 Å². The molecule has 1 aromatic carbocycles. The summed E-state index contributed by atoms with van der Waals surface area (Å²) in [6.45, 7) is 7.77. The first-order valence-corrected chi connectivity index (χ1v) is 6.32. The van der Waals surface area contributed by atoms with Crippen molar-refractivity contribution in [3.05, 3.63) is 35.9 Å². The van der Waals surface area contributed by atoms with Crippen molar-refractivity contribution in [3.63, 3.8) is 0 Å². The molecule has 0 spiro atoms. The Morgan fingerprint density at radius 2 is 1.89 bits per heavy atom. The molecule has 3 heteroatoms. The monoisotopic (exact) mass is 244 g/mol. The standard InChI is InChI=1S/C15H20N2O/c1-11-10-13(12-8-6-5-7-9-12)17(16-11)14(18)15(2,3)4/h5-9,13H,10H2,1-4H3/t13-/m0/s1. The predicted octanol–water partition coefficient (Wildman–Crippen LogP) is 3.38. The Balaban J connectivity index is 2.30. The molecule has 1 atom stereocenters. The number of carbonyl (C=O) groups excluding carboxylic acids is 1. The zero-order valence-electron chi connectivity index (χ0n) is 11.5. The molecule has 0 fully saturated rings. The molecule has 18 heavy (non-hydrogen) atoms. The first kappa shape index (κ1) is 12.8. The van der Waals surface area contributed by atoms with Gasteiger partial charge in [0.15, 0.2) is 0 Å². The van der Waals surface area contributed by atoms with E-state index in [0.717, 1.165) is 17.7 Å². The molecular formula is C15H20N2O. The fourth-order valence-corrected chi connectivity index (χ4v) is 2.13. The van der Waals surface area contributed by atoms with Gasteiger partial charge in [-0.3, -0.25) is 4.79 Å². The van der Waals surface area contributed by atoms with Gasteiger partial charge in [0.2, 0.25) is 5.91 Å². The van der Waals surface area contributed by atoms with Crippen LogP contribution in [0.15, 0.2) is 35.4 Å². The van der Waals surface area contributed by atoms with E-state index in [1.165, 1.54) is 0 Å². The Hall–Kier alpha value is -1.64. The molecule has 0 saturated heterocycles. The highest BCUT2D eigenvalue weighted by Crippen LogP contribution is 2.33. The molecule has 1 aliphatic heterocycles. The third-order valence-electron chi connectivity index (χ3n) is 3.10. The average Bonchev–Trinajstić information content (AvgIpc) is 2.70. The Kier molecular flexibility index (Phi) is 3.24. The van der Waals surface area contributed by atoms with Crippen LogP contribution in [0.3, 0.4) is 0 Å². The average molecular weight is 244 g/mol. The van der Waals surface area contributed by atoms with Gasteiger partial charge in [0.1, 0.15) is 0 Å². The second kappa shape index (κ2) is 4.56. The van der Waals surface area contributed by atoms with Gasteiger partial charge in [-0.05, 0) is 12.5 Å². The van der Waals surface area contributed by atoms with Crippen molar-refractivity contribution in [1.82, 2.24) is 5.01 Å². The second-order valence-electron chi connectivity index (χ2n) is 5.87. The third kappa shape index (κ3) is 2.45. The first-order valence-electron chi connectivity index (χ1n) is 6.32. The summed E-state index contributed by atoms with van der Waals surface area (Å²) in [5, 5.41) is 6.07. The van der Waals surface area contributed by atoms with Crippen LogP contribution < -0.4 is 0 Å². The van der Waals surface area contributed by atoms with Gasteiger partial charge in [0.05, 0.1) is 6.04 Å². The van der Waals surface area contributed by atoms with Gasteiger partial charge in [-0.1, -0.05) is 51.1 Å². The number of carbonyl (C=O) groups is 1. The largest absolute Gasteiger partial charge is 0.272 e. The van der Waals surface area contributed by atoms with Crippen molar-refractivity contribution in [3.8, 4) is 0 Å². The molecule has 0 aliphatic carbocycles. The lowest BCUT2D eigenvalue weighted by Crippen LogP contribution is -2.36. The van der Waals surface area contributed by atoms with E-state index in [-0.39, 0.29) is 11.9 Å². The SMILES string of the molecule is CC1=NN(C(=O)C(C)(C)C)[C@H](c2ccccc2)C1. The molecule has 1 amide bonds. The molecule has 0 unspecified atom stereocenters. The van der Waals surface area contributed by atoms with Gasteiger partial charge in [-0.25, -0.2) is 5.01 Å². The van der Waals surface area contributed by atoms with Crippen LogP contribution in [-0.2, 0) is 4.79 Å². The quantitative estimate of drug-likeness (QED) is 0.745. The van der Waals surface area contributed by atoms with Gasteiger partial charge in [-0.2, -0.15) is 5.10 Å². The lowest BCUT2D eigenvalue weighted by atomic mass is 9.93. The van der Waals surface area contributed by atoms with E-state index in [4.69, 9.17) is 0 Å². The van der Waals surface area contributed by atoms with Crippen molar-refractivity contribution in [2.24, 2.45) is 10.5 Å².